The molecule has 2 aromatic carbocycles. The molecule has 1 unspecified atom stereocenters. The number of carbonyl (C=O) groups excluding carboxylic acids is 1. The van der Waals surface area contributed by atoms with Crippen molar-refractivity contribution in [3.05, 3.63) is 65.7 Å². The summed E-state index contributed by atoms with van der Waals surface area (Å²) in [6, 6.07) is 16.7. The van der Waals surface area contributed by atoms with E-state index < -0.39 is 10.0 Å². The van der Waals surface area contributed by atoms with E-state index in [2.05, 4.69) is 12.1 Å². The number of hydrogen-bond acceptors (Lipinski definition) is 3. The second-order valence-corrected chi connectivity index (χ2v) is 9.41. The summed E-state index contributed by atoms with van der Waals surface area (Å²) in [5.41, 5.74) is 1.81. The Kier molecular flexibility index (Phi) is 7.09. The van der Waals surface area contributed by atoms with Crippen molar-refractivity contribution in [1.82, 2.24) is 9.21 Å². The molecule has 1 aliphatic rings. The standard InChI is InChI=1S/C23H30N2O3S/c1-3-25(4-2)29(27,28)22-15-13-20(14-16-22)23(26)24-17-9-8-12-21(18-24)19-10-6-5-7-11-19/h5-7,10-11,13-16,21H,3-4,8-9,12,17-18H2,1-2H3. The van der Waals surface area contributed by atoms with Crippen LogP contribution in [0.3, 0.4) is 0 Å². The van der Waals surface area contributed by atoms with Gasteiger partial charge >= 0.3 is 0 Å². The highest BCUT2D eigenvalue weighted by molar-refractivity contribution is 7.89. The van der Waals surface area contributed by atoms with Gasteiger partial charge in [0.2, 0.25) is 10.0 Å². The molecule has 1 aliphatic heterocycles. The molecule has 156 valence electrons. The second kappa shape index (κ2) is 9.55. The van der Waals surface area contributed by atoms with Crippen LogP contribution in [0.4, 0.5) is 0 Å². The Balaban J connectivity index is 1.77. The number of carbonyl (C=O) groups is 1. The Hall–Kier alpha value is -2.18. The summed E-state index contributed by atoms with van der Waals surface area (Å²) in [6.07, 6.45) is 3.17. The molecule has 29 heavy (non-hydrogen) atoms. The highest BCUT2D eigenvalue weighted by Gasteiger charge is 2.25. The van der Waals surface area contributed by atoms with E-state index >= 15 is 0 Å². The molecule has 0 bridgehead atoms. The number of rotatable bonds is 6. The lowest BCUT2D eigenvalue weighted by molar-refractivity contribution is 0.0754. The third-order valence-electron chi connectivity index (χ3n) is 5.67. The van der Waals surface area contributed by atoms with Crippen molar-refractivity contribution in [2.24, 2.45) is 0 Å². The van der Waals surface area contributed by atoms with Crippen LogP contribution < -0.4 is 0 Å². The molecule has 1 heterocycles. The lowest BCUT2D eigenvalue weighted by atomic mass is 9.94. The van der Waals surface area contributed by atoms with Gasteiger partial charge in [0.25, 0.3) is 5.91 Å². The predicted octanol–water partition coefficient (Wildman–Crippen LogP) is 4.13. The molecular weight excluding hydrogens is 384 g/mol. The van der Waals surface area contributed by atoms with Crippen molar-refractivity contribution >= 4 is 15.9 Å². The van der Waals surface area contributed by atoms with E-state index in [1.165, 1.54) is 9.87 Å². The van der Waals surface area contributed by atoms with Gasteiger partial charge in [-0.2, -0.15) is 4.31 Å². The van der Waals surface area contributed by atoms with E-state index in [-0.39, 0.29) is 10.8 Å². The van der Waals surface area contributed by atoms with E-state index in [0.29, 0.717) is 31.1 Å². The van der Waals surface area contributed by atoms with Crippen molar-refractivity contribution in [2.75, 3.05) is 26.2 Å². The molecule has 1 atom stereocenters. The van der Waals surface area contributed by atoms with Gasteiger partial charge in [-0.25, -0.2) is 8.42 Å². The first-order valence-corrected chi connectivity index (χ1v) is 11.9. The average molecular weight is 415 g/mol. The third-order valence-corrected chi connectivity index (χ3v) is 7.74. The molecule has 5 nitrogen and oxygen atoms in total. The Morgan fingerprint density at radius 3 is 2.28 bits per heavy atom. The molecule has 0 aliphatic carbocycles. The molecule has 6 heteroatoms. The minimum atomic E-state index is -3.51. The minimum Gasteiger partial charge on any atom is -0.338 e. The maximum absolute atomic E-state index is 13.1. The minimum absolute atomic E-state index is 0.0281. The van der Waals surface area contributed by atoms with Gasteiger partial charge in [0, 0.05) is 37.7 Å². The molecule has 3 rings (SSSR count). The fourth-order valence-electron chi connectivity index (χ4n) is 3.99. The van der Waals surface area contributed by atoms with Gasteiger partial charge < -0.3 is 4.90 Å². The zero-order chi connectivity index (χ0) is 20.9. The summed E-state index contributed by atoms with van der Waals surface area (Å²) in [7, 11) is -3.51. The number of sulfonamides is 1. The highest BCUT2D eigenvalue weighted by atomic mass is 32.2. The topological polar surface area (TPSA) is 57.7 Å². The van der Waals surface area contributed by atoms with Crippen LogP contribution in [0.25, 0.3) is 0 Å². The largest absolute Gasteiger partial charge is 0.338 e. The summed E-state index contributed by atoms with van der Waals surface area (Å²) >= 11 is 0. The first kappa shape index (κ1) is 21.5. The van der Waals surface area contributed by atoms with Crippen LogP contribution in [-0.2, 0) is 10.0 Å². The van der Waals surface area contributed by atoms with Gasteiger partial charge in [0.05, 0.1) is 4.90 Å². The summed E-state index contributed by atoms with van der Waals surface area (Å²) in [5, 5.41) is 0. The Bertz CT molecular complexity index is 907. The van der Waals surface area contributed by atoms with Crippen LogP contribution in [0.2, 0.25) is 0 Å². The van der Waals surface area contributed by atoms with Crippen LogP contribution in [0.15, 0.2) is 59.5 Å². The van der Waals surface area contributed by atoms with Crippen LogP contribution >= 0.6 is 0 Å². The smallest absolute Gasteiger partial charge is 0.253 e. The van der Waals surface area contributed by atoms with Crippen molar-refractivity contribution < 1.29 is 13.2 Å². The summed E-state index contributed by atoms with van der Waals surface area (Å²) in [4.78, 5) is 15.3. The predicted molar refractivity (Wildman–Crippen MR) is 115 cm³/mol. The first-order chi connectivity index (χ1) is 14.0. The van der Waals surface area contributed by atoms with Gasteiger partial charge in [-0.1, -0.05) is 50.6 Å². The maximum Gasteiger partial charge on any atom is 0.253 e. The number of nitrogens with zero attached hydrogens (tertiary/aromatic N) is 2. The fourth-order valence-corrected chi connectivity index (χ4v) is 5.45. The van der Waals surface area contributed by atoms with Crippen molar-refractivity contribution in [3.63, 3.8) is 0 Å². The monoisotopic (exact) mass is 414 g/mol. The van der Waals surface area contributed by atoms with Gasteiger partial charge in [0.15, 0.2) is 0 Å². The summed E-state index contributed by atoms with van der Waals surface area (Å²) in [6.45, 7) is 5.93. The fraction of sp³-hybridized carbons (Fsp3) is 0.435. The highest BCUT2D eigenvalue weighted by Crippen LogP contribution is 2.27. The molecule has 1 amide bonds. The Morgan fingerprint density at radius 1 is 1.00 bits per heavy atom. The maximum atomic E-state index is 13.1. The molecule has 0 saturated carbocycles. The van der Waals surface area contributed by atoms with Crippen LogP contribution in [0.5, 0.6) is 0 Å². The van der Waals surface area contributed by atoms with Gasteiger partial charge in [0.1, 0.15) is 0 Å². The molecule has 1 fully saturated rings. The van der Waals surface area contributed by atoms with Gasteiger partial charge in [-0.3, -0.25) is 4.79 Å². The third kappa shape index (κ3) is 4.87. The van der Waals surface area contributed by atoms with E-state index in [0.717, 1.165) is 25.8 Å². The molecular formula is C23H30N2O3S. The van der Waals surface area contributed by atoms with E-state index in [1.807, 2.05) is 36.9 Å². The van der Waals surface area contributed by atoms with E-state index in [9.17, 15) is 13.2 Å². The molecule has 0 radical (unpaired) electrons. The van der Waals surface area contributed by atoms with Crippen molar-refractivity contribution in [1.29, 1.82) is 0 Å². The molecule has 0 aromatic heterocycles. The molecule has 0 N–H and O–H groups in total. The Labute approximate surface area is 174 Å². The van der Waals surface area contributed by atoms with Gasteiger partial charge in [-0.05, 0) is 42.7 Å². The molecule has 2 aromatic rings. The van der Waals surface area contributed by atoms with Crippen molar-refractivity contribution in [2.45, 2.75) is 43.9 Å². The number of amides is 1. The zero-order valence-corrected chi connectivity index (χ0v) is 18.1. The number of hydrogen-bond donors (Lipinski definition) is 0. The van der Waals surface area contributed by atoms with Crippen LogP contribution in [-0.4, -0.2) is 49.7 Å². The quantitative estimate of drug-likeness (QED) is 0.714. The molecule has 0 spiro atoms. The average Bonchev–Trinajstić information content (AvgIpc) is 3.01. The van der Waals surface area contributed by atoms with E-state index in [4.69, 9.17) is 0 Å². The SMILES string of the molecule is CCN(CC)S(=O)(=O)c1ccc(C(=O)N2CCCCC(c3ccccc3)C2)cc1. The first-order valence-electron chi connectivity index (χ1n) is 10.4. The van der Waals surface area contributed by atoms with Gasteiger partial charge in [-0.15, -0.1) is 0 Å². The number of likely N-dealkylation sites (tertiary alicyclic amines) is 1. The Morgan fingerprint density at radius 2 is 1.66 bits per heavy atom. The lowest BCUT2D eigenvalue weighted by Gasteiger charge is -2.25. The van der Waals surface area contributed by atoms with E-state index in [1.54, 1.807) is 24.3 Å². The summed E-state index contributed by atoms with van der Waals surface area (Å²) < 4.78 is 26.7. The zero-order valence-electron chi connectivity index (χ0n) is 17.3. The van der Waals surface area contributed by atoms with Crippen LogP contribution in [0.1, 0.15) is 54.9 Å². The second-order valence-electron chi connectivity index (χ2n) is 7.47. The normalized spacial score (nSPS) is 17.9. The lowest BCUT2D eigenvalue weighted by Crippen LogP contribution is -2.34. The summed E-state index contributed by atoms with van der Waals surface area (Å²) in [5.74, 6) is 0.310. The van der Waals surface area contributed by atoms with Crippen molar-refractivity contribution in [3.8, 4) is 0 Å². The number of benzene rings is 2. The van der Waals surface area contributed by atoms with Crippen LogP contribution in [0, 0.1) is 0 Å². The molecule has 1 saturated heterocycles.